The summed E-state index contributed by atoms with van der Waals surface area (Å²) in [4.78, 5) is 0. The number of nitrogens with two attached hydrogens (primary N) is 1. The molecule has 0 aliphatic rings. The molecular weight excluding hydrogens is 198 g/mol. The van der Waals surface area contributed by atoms with E-state index in [0.717, 1.165) is 18.4 Å². The van der Waals surface area contributed by atoms with Crippen LogP contribution in [0.5, 0.6) is 0 Å². The van der Waals surface area contributed by atoms with Crippen LogP contribution in [-0.4, -0.2) is 11.2 Å². The van der Waals surface area contributed by atoms with E-state index in [1.165, 1.54) is 16.7 Å². The summed E-state index contributed by atoms with van der Waals surface area (Å²) >= 11 is 0. The Kier molecular flexibility index (Phi) is 4.51. The lowest BCUT2D eigenvalue weighted by molar-refractivity contribution is 0.134. The molecule has 1 aromatic rings. The van der Waals surface area contributed by atoms with Crippen molar-refractivity contribution < 1.29 is 5.11 Å². The summed E-state index contributed by atoms with van der Waals surface area (Å²) in [6.45, 7) is 8.27. The van der Waals surface area contributed by atoms with Gasteiger partial charge in [0, 0.05) is 0 Å². The summed E-state index contributed by atoms with van der Waals surface area (Å²) in [6, 6.07) is 3.99. The number of aryl methyl sites for hydroxylation is 3. The van der Waals surface area contributed by atoms with Crippen molar-refractivity contribution in [2.45, 2.75) is 52.7 Å². The van der Waals surface area contributed by atoms with Crippen molar-refractivity contribution in [1.82, 2.24) is 0 Å². The number of benzene rings is 1. The lowest BCUT2D eigenvalue weighted by Crippen LogP contribution is -2.27. The molecule has 1 rings (SSSR count). The minimum Gasteiger partial charge on any atom is -0.391 e. The Bertz CT molecular complexity index is 337. The topological polar surface area (TPSA) is 46.2 Å². The molecule has 0 aliphatic heterocycles. The highest BCUT2D eigenvalue weighted by atomic mass is 16.3. The van der Waals surface area contributed by atoms with Gasteiger partial charge in [-0.1, -0.05) is 31.0 Å². The van der Waals surface area contributed by atoms with Crippen LogP contribution in [-0.2, 0) is 0 Å². The second-order valence-corrected chi connectivity index (χ2v) is 4.69. The number of aliphatic hydroxyl groups excluding tert-OH is 1. The van der Waals surface area contributed by atoms with E-state index < -0.39 is 6.10 Å². The van der Waals surface area contributed by atoms with E-state index in [1.54, 1.807) is 0 Å². The van der Waals surface area contributed by atoms with E-state index in [0.29, 0.717) is 0 Å². The van der Waals surface area contributed by atoms with Crippen LogP contribution < -0.4 is 5.73 Å². The van der Waals surface area contributed by atoms with Crippen LogP contribution in [0.2, 0.25) is 0 Å². The summed E-state index contributed by atoms with van der Waals surface area (Å²) in [6.07, 6.45) is 1.28. The van der Waals surface area contributed by atoms with E-state index in [-0.39, 0.29) is 6.04 Å². The summed E-state index contributed by atoms with van der Waals surface area (Å²) in [5.74, 6) is 0. The van der Waals surface area contributed by atoms with Crippen LogP contribution >= 0.6 is 0 Å². The molecule has 0 bridgehead atoms. The highest BCUT2D eigenvalue weighted by molar-refractivity contribution is 5.39. The second-order valence-electron chi connectivity index (χ2n) is 4.69. The molecule has 0 heterocycles. The SMILES string of the molecule is CCC[C@H](O)[C@H](N)c1c(C)cc(C)cc1C. The molecule has 0 fully saturated rings. The predicted octanol–water partition coefficient (Wildman–Crippen LogP) is 2.77. The van der Waals surface area contributed by atoms with Gasteiger partial charge in [-0.05, 0) is 43.9 Å². The van der Waals surface area contributed by atoms with Crippen LogP contribution in [0.15, 0.2) is 12.1 Å². The van der Waals surface area contributed by atoms with Crippen LogP contribution in [0.25, 0.3) is 0 Å². The Labute approximate surface area is 98.5 Å². The summed E-state index contributed by atoms with van der Waals surface area (Å²) < 4.78 is 0. The molecule has 0 spiro atoms. The first kappa shape index (κ1) is 13.2. The molecule has 0 aromatic heterocycles. The third-order valence-corrected chi connectivity index (χ3v) is 3.07. The van der Waals surface area contributed by atoms with Gasteiger partial charge < -0.3 is 10.8 Å². The van der Waals surface area contributed by atoms with Gasteiger partial charge in [0.25, 0.3) is 0 Å². The lowest BCUT2D eigenvalue weighted by Gasteiger charge is -2.23. The quantitative estimate of drug-likeness (QED) is 0.821. The zero-order chi connectivity index (χ0) is 12.3. The van der Waals surface area contributed by atoms with Crippen molar-refractivity contribution in [3.8, 4) is 0 Å². The average Bonchev–Trinajstić information content (AvgIpc) is 2.16. The highest BCUT2D eigenvalue weighted by Gasteiger charge is 2.19. The van der Waals surface area contributed by atoms with E-state index >= 15 is 0 Å². The Hall–Kier alpha value is -0.860. The van der Waals surface area contributed by atoms with Crippen molar-refractivity contribution in [3.63, 3.8) is 0 Å². The van der Waals surface area contributed by atoms with E-state index in [2.05, 4.69) is 39.8 Å². The van der Waals surface area contributed by atoms with E-state index in [4.69, 9.17) is 5.73 Å². The molecular formula is C14H23NO. The summed E-state index contributed by atoms with van der Waals surface area (Å²) in [5, 5.41) is 9.96. The van der Waals surface area contributed by atoms with Crippen molar-refractivity contribution >= 4 is 0 Å². The zero-order valence-electron chi connectivity index (χ0n) is 10.7. The normalized spacial score (nSPS) is 14.9. The van der Waals surface area contributed by atoms with Gasteiger partial charge in [-0.25, -0.2) is 0 Å². The van der Waals surface area contributed by atoms with Gasteiger partial charge in [0.05, 0.1) is 12.1 Å². The summed E-state index contributed by atoms with van der Waals surface area (Å²) in [7, 11) is 0. The average molecular weight is 221 g/mol. The van der Waals surface area contributed by atoms with Gasteiger partial charge in [-0.15, -0.1) is 0 Å². The van der Waals surface area contributed by atoms with Gasteiger partial charge in [0.2, 0.25) is 0 Å². The first-order chi connectivity index (χ1) is 7.47. The fourth-order valence-corrected chi connectivity index (χ4v) is 2.38. The maximum Gasteiger partial charge on any atom is 0.0732 e. The van der Waals surface area contributed by atoms with Crippen LogP contribution in [0.1, 0.15) is 48.1 Å². The number of hydrogen-bond acceptors (Lipinski definition) is 2. The Morgan fingerprint density at radius 1 is 1.19 bits per heavy atom. The molecule has 1 aromatic carbocycles. The molecule has 3 N–H and O–H groups in total. The molecule has 0 aliphatic carbocycles. The van der Waals surface area contributed by atoms with Gasteiger partial charge >= 0.3 is 0 Å². The Morgan fingerprint density at radius 2 is 1.69 bits per heavy atom. The third kappa shape index (κ3) is 2.83. The number of rotatable bonds is 4. The molecule has 0 saturated heterocycles. The van der Waals surface area contributed by atoms with Crippen molar-refractivity contribution in [2.24, 2.45) is 5.73 Å². The van der Waals surface area contributed by atoms with Crippen molar-refractivity contribution in [3.05, 3.63) is 34.4 Å². The van der Waals surface area contributed by atoms with Gasteiger partial charge in [0.1, 0.15) is 0 Å². The molecule has 2 atom stereocenters. The fraction of sp³-hybridized carbons (Fsp3) is 0.571. The van der Waals surface area contributed by atoms with Gasteiger partial charge in [-0.3, -0.25) is 0 Å². The number of hydrogen-bond donors (Lipinski definition) is 2. The molecule has 0 amide bonds. The lowest BCUT2D eigenvalue weighted by atomic mass is 9.90. The molecule has 90 valence electrons. The predicted molar refractivity (Wildman–Crippen MR) is 68.5 cm³/mol. The van der Waals surface area contributed by atoms with Gasteiger partial charge in [-0.2, -0.15) is 0 Å². The van der Waals surface area contributed by atoms with Gasteiger partial charge in [0.15, 0.2) is 0 Å². The Morgan fingerprint density at radius 3 is 2.12 bits per heavy atom. The van der Waals surface area contributed by atoms with E-state index in [9.17, 15) is 5.11 Å². The summed E-state index contributed by atoms with van der Waals surface area (Å²) in [5.41, 5.74) is 10.8. The maximum atomic E-state index is 9.96. The maximum absolute atomic E-state index is 9.96. The largest absolute Gasteiger partial charge is 0.391 e. The molecule has 2 heteroatoms. The third-order valence-electron chi connectivity index (χ3n) is 3.07. The second kappa shape index (κ2) is 5.46. The fourth-order valence-electron chi connectivity index (χ4n) is 2.38. The molecule has 16 heavy (non-hydrogen) atoms. The van der Waals surface area contributed by atoms with Crippen molar-refractivity contribution in [1.29, 1.82) is 0 Å². The standard InChI is InChI=1S/C14H23NO/c1-5-6-12(16)14(15)13-10(3)7-9(2)8-11(13)4/h7-8,12,14,16H,5-6,15H2,1-4H3/t12-,14-/m0/s1. The monoisotopic (exact) mass is 221 g/mol. The van der Waals surface area contributed by atoms with Crippen LogP contribution in [0, 0.1) is 20.8 Å². The smallest absolute Gasteiger partial charge is 0.0732 e. The van der Waals surface area contributed by atoms with E-state index in [1.807, 2.05) is 0 Å². The molecule has 0 saturated carbocycles. The minimum absolute atomic E-state index is 0.263. The van der Waals surface area contributed by atoms with Crippen LogP contribution in [0.4, 0.5) is 0 Å². The van der Waals surface area contributed by atoms with Crippen LogP contribution in [0.3, 0.4) is 0 Å². The first-order valence-corrected chi connectivity index (χ1v) is 5.98. The first-order valence-electron chi connectivity index (χ1n) is 5.98. The Balaban J connectivity index is 3.03. The highest BCUT2D eigenvalue weighted by Crippen LogP contribution is 2.25. The molecule has 2 nitrogen and oxygen atoms in total. The minimum atomic E-state index is -0.440. The molecule has 0 radical (unpaired) electrons. The van der Waals surface area contributed by atoms with Crippen molar-refractivity contribution in [2.75, 3.05) is 0 Å². The zero-order valence-corrected chi connectivity index (χ0v) is 10.7. The molecule has 0 unspecified atom stereocenters. The number of aliphatic hydroxyl groups is 1.